The average Bonchev–Trinajstić information content (AvgIpc) is 3.10. The van der Waals surface area contributed by atoms with Crippen LogP contribution in [-0.4, -0.2) is 42.5 Å². The van der Waals surface area contributed by atoms with Gasteiger partial charge in [-0.1, -0.05) is 12.1 Å². The first-order valence-electron chi connectivity index (χ1n) is 11.5. The van der Waals surface area contributed by atoms with Crippen molar-refractivity contribution in [1.82, 2.24) is 4.90 Å². The van der Waals surface area contributed by atoms with Crippen LogP contribution in [0.5, 0.6) is 11.5 Å². The molecule has 0 saturated carbocycles. The summed E-state index contributed by atoms with van der Waals surface area (Å²) in [5, 5.41) is 2.77. The summed E-state index contributed by atoms with van der Waals surface area (Å²) in [5.41, 5.74) is 1.50. The van der Waals surface area contributed by atoms with Gasteiger partial charge in [0, 0.05) is 12.2 Å². The maximum absolute atomic E-state index is 13.5. The molecule has 1 atom stereocenters. The first-order chi connectivity index (χ1) is 17.4. The van der Waals surface area contributed by atoms with E-state index in [1.165, 1.54) is 36.3 Å². The Hall–Kier alpha value is -4.40. The number of nitrogens with one attached hydrogen (secondary N) is 1. The van der Waals surface area contributed by atoms with Gasteiger partial charge in [0.2, 0.25) is 5.91 Å². The molecule has 1 N–H and O–H groups in total. The summed E-state index contributed by atoms with van der Waals surface area (Å²) in [5.74, 6) is -0.201. The number of hydrogen-bond donors (Lipinski definition) is 1. The molecule has 186 valence electrons. The van der Waals surface area contributed by atoms with E-state index in [2.05, 4.69) is 5.32 Å². The van der Waals surface area contributed by atoms with Gasteiger partial charge in [-0.15, -0.1) is 0 Å². The van der Waals surface area contributed by atoms with Crippen LogP contribution in [0.1, 0.15) is 18.9 Å². The van der Waals surface area contributed by atoms with Crippen LogP contribution in [-0.2, 0) is 16.1 Å². The Labute approximate surface area is 208 Å². The summed E-state index contributed by atoms with van der Waals surface area (Å²) in [7, 11) is 1.54. The highest BCUT2D eigenvalue weighted by atomic mass is 19.1. The standard InChI is InChI=1S/C27H26FN3O5/c1-3-36-22-13-9-20(10-14-22)29-25(32)16-24-26(33)31(21-11-7-19(28)8-12-21)27(34)30(24)17-18-5-4-6-23(15-18)35-2/h4-15,24H,3,16-17H2,1-2H3,(H,29,32)/t24-/m1/s1. The molecule has 1 aliphatic rings. The van der Waals surface area contributed by atoms with Crippen molar-refractivity contribution in [2.45, 2.75) is 25.9 Å². The lowest BCUT2D eigenvalue weighted by molar-refractivity contribution is -0.124. The topological polar surface area (TPSA) is 88.2 Å². The molecule has 1 heterocycles. The number of rotatable bonds is 9. The number of carbonyl (C=O) groups excluding carboxylic acids is 3. The number of carbonyl (C=O) groups is 3. The van der Waals surface area contributed by atoms with E-state index in [1.807, 2.05) is 6.92 Å². The number of imide groups is 1. The summed E-state index contributed by atoms with van der Waals surface area (Å²) < 4.78 is 24.1. The number of nitrogens with zero attached hydrogens (tertiary/aromatic N) is 2. The fourth-order valence-electron chi connectivity index (χ4n) is 4.00. The van der Waals surface area contributed by atoms with Crippen LogP contribution in [0.2, 0.25) is 0 Å². The van der Waals surface area contributed by atoms with Crippen LogP contribution in [0.3, 0.4) is 0 Å². The minimum Gasteiger partial charge on any atom is -0.497 e. The van der Waals surface area contributed by atoms with Gasteiger partial charge < -0.3 is 19.7 Å². The van der Waals surface area contributed by atoms with Crippen LogP contribution in [0.25, 0.3) is 0 Å². The summed E-state index contributed by atoms with van der Waals surface area (Å²) in [6.07, 6.45) is -0.251. The number of amides is 4. The van der Waals surface area contributed by atoms with Crippen molar-refractivity contribution >= 4 is 29.2 Å². The zero-order valence-corrected chi connectivity index (χ0v) is 19.9. The van der Waals surface area contributed by atoms with Gasteiger partial charge in [0.05, 0.1) is 25.8 Å². The summed E-state index contributed by atoms with van der Waals surface area (Å²) >= 11 is 0. The van der Waals surface area contributed by atoms with Crippen LogP contribution in [0.4, 0.5) is 20.6 Å². The van der Waals surface area contributed by atoms with Crippen LogP contribution in [0, 0.1) is 5.82 Å². The predicted molar refractivity (Wildman–Crippen MR) is 132 cm³/mol. The first kappa shape index (κ1) is 24.7. The molecule has 1 saturated heterocycles. The van der Waals surface area contributed by atoms with Crippen molar-refractivity contribution in [3.8, 4) is 11.5 Å². The lowest BCUT2D eigenvalue weighted by atomic mass is 10.1. The summed E-state index contributed by atoms with van der Waals surface area (Å²) in [4.78, 5) is 42.0. The number of benzene rings is 3. The molecule has 0 spiro atoms. The molecule has 0 bridgehead atoms. The molecule has 1 fully saturated rings. The number of methoxy groups -OCH3 is 1. The molecule has 3 aromatic carbocycles. The number of anilines is 2. The molecule has 9 heteroatoms. The van der Waals surface area contributed by atoms with Crippen molar-refractivity contribution in [3.05, 3.63) is 84.2 Å². The van der Waals surface area contributed by atoms with E-state index >= 15 is 0 Å². The molecule has 0 aromatic heterocycles. The minimum absolute atomic E-state index is 0.0838. The molecule has 0 radical (unpaired) electrons. The SMILES string of the molecule is CCOc1ccc(NC(=O)C[C@@H]2C(=O)N(c3ccc(F)cc3)C(=O)N2Cc2cccc(OC)c2)cc1. The fraction of sp³-hybridized carbons (Fsp3) is 0.222. The molecule has 3 aromatic rings. The van der Waals surface area contributed by atoms with Gasteiger partial charge in [-0.05, 0) is 73.2 Å². The largest absolute Gasteiger partial charge is 0.497 e. The van der Waals surface area contributed by atoms with Gasteiger partial charge in [0.15, 0.2) is 0 Å². The van der Waals surface area contributed by atoms with Gasteiger partial charge in [0.25, 0.3) is 5.91 Å². The van der Waals surface area contributed by atoms with Crippen LogP contribution in [0.15, 0.2) is 72.8 Å². The van der Waals surface area contributed by atoms with Gasteiger partial charge in [-0.2, -0.15) is 0 Å². The quantitative estimate of drug-likeness (QED) is 0.442. The van der Waals surface area contributed by atoms with Gasteiger partial charge in [-0.25, -0.2) is 14.1 Å². The Kier molecular flexibility index (Phi) is 7.48. The molecule has 0 aliphatic carbocycles. The van der Waals surface area contributed by atoms with E-state index in [9.17, 15) is 18.8 Å². The second-order valence-corrected chi connectivity index (χ2v) is 8.14. The molecule has 36 heavy (non-hydrogen) atoms. The Morgan fingerprint density at radius 2 is 1.72 bits per heavy atom. The summed E-state index contributed by atoms with van der Waals surface area (Å²) in [6, 6.07) is 17.4. The average molecular weight is 492 g/mol. The van der Waals surface area contributed by atoms with E-state index in [4.69, 9.17) is 9.47 Å². The maximum atomic E-state index is 13.5. The summed E-state index contributed by atoms with van der Waals surface area (Å²) in [6.45, 7) is 2.49. The third-order valence-corrected chi connectivity index (χ3v) is 5.72. The first-order valence-corrected chi connectivity index (χ1v) is 11.5. The lowest BCUT2D eigenvalue weighted by Gasteiger charge is -2.22. The van der Waals surface area contributed by atoms with Gasteiger partial charge in [0.1, 0.15) is 23.4 Å². The molecule has 1 aliphatic heterocycles. The van der Waals surface area contributed by atoms with Crippen molar-refractivity contribution in [3.63, 3.8) is 0 Å². The number of ether oxygens (including phenoxy) is 2. The van der Waals surface area contributed by atoms with Crippen LogP contribution < -0.4 is 19.7 Å². The molecular formula is C27H26FN3O5. The van der Waals surface area contributed by atoms with E-state index in [0.717, 1.165) is 10.5 Å². The third kappa shape index (κ3) is 5.46. The van der Waals surface area contributed by atoms with Crippen molar-refractivity contribution in [2.75, 3.05) is 23.9 Å². The Morgan fingerprint density at radius 1 is 1.00 bits per heavy atom. The maximum Gasteiger partial charge on any atom is 0.332 e. The van der Waals surface area contributed by atoms with Crippen LogP contribution >= 0.6 is 0 Å². The lowest BCUT2D eigenvalue weighted by Crippen LogP contribution is -2.37. The third-order valence-electron chi connectivity index (χ3n) is 5.72. The van der Waals surface area contributed by atoms with E-state index in [0.29, 0.717) is 23.8 Å². The number of halogens is 1. The Morgan fingerprint density at radius 3 is 2.39 bits per heavy atom. The normalized spacial score (nSPS) is 15.2. The van der Waals surface area contributed by atoms with E-state index in [-0.39, 0.29) is 18.7 Å². The fourth-order valence-corrected chi connectivity index (χ4v) is 4.00. The highest BCUT2D eigenvalue weighted by Crippen LogP contribution is 2.29. The van der Waals surface area contributed by atoms with E-state index < -0.39 is 29.7 Å². The van der Waals surface area contributed by atoms with Crippen molar-refractivity contribution in [1.29, 1.82) is 0 Å². The monoisotopic (exact) mass is 491 g/mol. The van der Waals surface area contributed by atoms with E-state index in [1.54, 1.807) is 48.5 Å². The molecule has 4 rings (SSSR count). The van der Waals surface area contributed by atoms with Crippen molar-refractivity contribution in [2.24, 2.45) is 0 Å². The highest BCUT2D eigenvalue weighted by molar-refractivity contribution is 6.22. The van der Waals surface area contributed by atoms with Gasteiger partial charge >= 0.3 is 6.03 Å². The van der Waals surface area contributed by atoms with Crippen molar-refractivity contribution < 1.29 is 28.2 Å². The smallest absolute Gasteiger partial charge is 0.332 e. The van der Waals surface area contributed by atoms with Gasteiger partial charge in [-0.3, -0.25) is 9.59 Å². The molecule has 8 nitrogen and oxygen atoms in total. The zero-order chi connectivity index (χ0) is 25.7. The molecular weight excluding hydrogens is 465 g/mol. The second kappa shape index (κ2) is 10.9. The molecule has 4 amide bonds. The molecule has 0 unspecified atom stereocenters. The Balaban J connectivity index is 1.57. The Bertz CT molecular complexity index is 1250. The zero-order valence-electron chi connectivity index (χ0n) is 19.9. The second-order valence-electron chi connectivity index (χ2n) is 8.14. The number of hydrogen-bond acceptors (Lipinski definition) is 5. The minimum atomic E-state index is -1.04. The number of urea groups is 1. The predicted octanol–water partition coefficient (Wildman–Crippen LogP) is 4.60. The highest BCUT2D eigenvalue weighted by Gasteiger charge is 2.46.